The zero-order valence-electron chi connectivity index (χ0n) is 8.24. The van der Waals surface area contributed by atoms with E-state index in [1.807, 2.05) is 0 Å². The summed E-state index contributed by atoms with van der Waals surface area (Å²) in [6.07, 6.45) is 4.47. The molecule has 14 heavy (non-hydrogen) atoms. The first kappa shape index (κ1) is 10.8. The monoisotopic (exact) mass is 196 g/mol. The van der Waals surface area contributed by atoms with Gasteiger partial charge in [-0.15, -0.1) is 0 Å². The van der Waals surface area contributed by atoms with E-state index in [4.69, 9.17) is 5.73 Å². The first-order valence-corrected chi connectivity index (χ1v) is 4.86. The minimum atomic E-state index is -0.348. The van der Waals surface area contributed by atoms with E-state index >= 15 is 0 Å². The van der Waals surface area contributed by atoms with Crippen LogP contribution in [0.15, 0.2) is 12.7 Å². The van der Waals surface area contributed by atoms with E-state index < -0.39 is 0 Å². The van der Waals surface area contributed by atoms with Crippen LogP contribution in [0.5, 0.6) is 0 Å². The van der Waals surface area contributed by atoms with Crippen LogP contribution in [0, 0.1) is 0 Å². The molecule has 78 valence electrons. The van der Waals surface area contributed by atoms with Gasteiger partial charge in [0.25, 0.3) is 0 Å². The molecule has 0 aromatic rings. The zero-order valence-corrected chi connectivity index (χ0v) is 8.24. The van der Waals surface area contributed by atoms with Crippen molar-refractivity contribution in [1.29, 1.82) is 0 Å². The van der Waals surface area contributed by atoms with Gasteiger partial charge in [-0.1, -0.05) is 6.58 Å². The molecule has 0 radical (unpaired) electrons. The molecule has 1 atom stereocenters. The fourth-order valence-electron chi connectivity index (χ4n) is 1.85. The van der Waals surface area contributed by atoms with Crippen LogP contribution in [-0.2, 0) is 9.59 Å². The Hall–Kier alpha value is -1.32. The Labute approximate surface area is 83.8 Å². The molecule has 0 aromatic heterocycles. The third-order valence-corrected chi connectivity index (χ3v) is 2.52. The lowest BCUT2D eigenvalue weighted by atomic mass is 9.99. The predicted octanol–water partition coefficient (Wildman–Crippen LogP) is 0.429. The molecule has 1 unspecified atom stereocenters. The highest BCUT2D eigenvalue weighted by Gasteiger charge is 2.26. The lowest BCUT2D eigenvalue weighted by Crippen LogP contribution is -2.44. The van der Waals surface area contributed by atoms with Gasteiger partial charge in [-0.2, -0.15) is 0 Å². The van der Waals surface area contributed by atoms with Gasteiger partial charge in [0, 0.05) is 19.0 Å². The lowest BCUT2D eigenvalue weighted by Gasteiger charge is -2.34. The highest BCUT2D eigenvalue weighted by atomic mass is 16.2. The molecule has 2 N–H and O–H groups in total. The minimum Gasteiger partial charge on any atom is -0.370 e. The second kappa shape index (κ2) is 4.79. The number of nitrogens with two attached hydrogens (primary N) is 1. The Bertz CT molecular complexity index is 251. The number of likely N-dealkylation sites (tertiary alicyclic amines) is 1. The van der Waals surface area contributed by atoms with Gasteiger partial charge >= 0.3 is 0 Å². The SMILES string of the molecule is C=CC(=O)N1CCCCC1CC(N)=O. The number of hydrogen-bond acceptors (Lipinski definition) is 2. The van der Waals surface area contributed by atoms with Crippen LogP contribution in [0.4, 0.5) is 0 Å². The number of carbonyl (C=O) groups excluding carboxylic acids is 2. The average molecular weight is 196 g/mol. The molecule has 4 nitrogen and oxygen atoms in total. The van der Waals surface area contributed by atoms with Gasteiger partial charge in [-0.3, -0.25) is 9.59 Å². The van der Waals surface area contributed by atoms with E-state index in [-0.39, 0.29) is 24.3 Å². The van der Waals surface area contributed by atoms with Gasteiger partial charge in [-0.05, 0) is 25.3 Å². The molecule has 2 amide bonds. The van der Waals surface area contributed by atoms with E-state index in [1.165, 1.54) is 6.08 Å². The Morgan fingerprint density at radius 2 is 2.21 bits per heavy atom. The van der Waals surface area contributed by atoms with Crippen molar-refractivity contribution in [3.8, 4) is 0 Å². The van der Waals surface area contributed by atoms with Gasteiger partial charge in [0.05, 0.1) is 0 Å². The number of nitrogens with zero attached hydrogens (tertiary/aromatic N) is 1. The summed E-state index contributed by atoms with van der Waals surface area (Å²) >= 11 is 0. The van der Waals surface area contributed by atoms with E-state index in [1.54, 1.807) is 4.90 Å². The molecule has 1 saturated heterocycles. The third-order valence-electron chi connectivity index (χ3n) is 2.52. The van der Waals surface area contributed by atoms with Crippen LogP contribution < -0.4 is 5.73 Å². The molecule has 1 rings (SSSR count). The lowest BCUT2D eigenvalue weighted by molar-refractivity contribution is -0.131. The van der Waals surface area contributed by atoms with Crippen molar-refractivity contribution < 1.29 is 9.59 Å². The molecule has 1 aliphatic rings. The van der Waals surface area contributed by atoms with E-state index in [0.717, 1.165) is 19.3 Å². The van der Waals surface area contributed by atoms with Crippen molar-refractivity contribution in [2.75, 3.05) is 6.54 Å². The van der Waals surface area contributed by atoms with Crippen molar-refractivity contribution in [3.05, 3.63) is 12.7 Å². The minimum absolute atomic E-state index is 0.0215. The van der Waals surface area contributed by atoms with Crippen LogP contribution in [0.3, 0.4) is 0 Å². The number of rotatable bonds is 3. The Balaban J connectivity index is 2.63. The van der Waals surface area contributed by atoms with Crippen LogP contribution in [0.2, 0.25) is 0 Å². The zero-order chi connectivity index (χ0) is 10.6. The Kier molecular flexibility index (Phi) is 3.68. The number of piperidine rings is 1. The van der Waals surface area contributed by atoms with Gasteiger partial charge in [0.1, 0.15) is 0 Å². The van der Waals surface area contributed by atoms with Gasteiger partial charge in [0.15, 0.2) is 0 Å². The molecule has 0 bridgehead atoms. The van der Waals surface area contributed by atoms with Crippen molar-refractivity contribution in [3.63, 3.8) is 0 Å². The molecule has 1 fully saturated rings. The predicted molar refractivity (Wildman–Crippen MR) is 53.4 cm³/mol. The first-order chi connectivity index (χ1) is 6.65. The molecule has 1 aliphatic heterocycles. The standard InChI is InChI=1S/C10H16N2O2/c1-2-10(14)12-6-4-3-5-8(12)7-9(11)13/h2,8H,1,3-7H2,(H2,11,13). The van der Waals surface area contributed by atoms with E-state index in [2.05, 4.69) is 6.58 Å². The van der Waals surface area contributed by atoms with Crippen LogP contribution >= 0.6 is 0 Å². The number of carbonyl (C=O) groups is 2. The van der Waals surface area contributed by atoms with Crippen molar-refractivity contribution in [2.24, 2.45) is 5.73 Å². The molecular weight excluding hydrogens is 180 g/mol. The maximum atomic E-state index is 11.4. The summed E-state index contributed by atoms with van der Waals surface area (Å²) in [6.45, 7) is 4.15. The molecular formula is C10H16N2O2. The second-order valence-electron chi connectivity index (χ2n) is 3.56. The van der Waals surface area contributed by atoms with E-state index in [9.17, 15) is 9.59 Å². The molecule has 0 saturated carbocycles. The normalized spacial score (nSPS) is 21.7. The highest BCUT2D eigenvalue weighted by molar-refractivity contribution is 5.88. The van der Waals surface area contributed by atoms with Crippen molar-refractivity contribution in [2.45, 2.75) is 31.7 Å². The van der Waals surface area contributed by atoms with Crippen molar-refractivity contribution >= 4 is 11.8 Å². The maximum Gasteiger partial charge on any atom is 0.246 e. The number of hydrogen-bond donors (Lipinski definition) is 1. The van der Waals surface area contributed by atoms with Crippen molar-refractivity contribution in [1.82, 2.24) is 4.90 Å². The van der Waals surface area contributed by atoms with Gasteiger partial charge < -0.3 is 10.6 Å². The summed E-state index contributed by atoms with van der Waals surface area (Å²) in [5.74, 6) is -0.449. The summed E-state index contributed by atoms with van der Waals surface area (Å²) in [5.41, 5.74) is 5.12. The fraction of sp³-hybridized carbons (Fsp3) is 0.600. The topological polar surface area (TPSA) is 63.4 Å². The number of primary amides is 1. The molecule has 0 aliphatic carbocycles. The van der Waals surface area contributed by atoms with Crippen LogP contribution in [-0.4, -0.2) is 29.3 Å². The van der Waals surface area contributed by atoms with E-state index in [0.29, 0.717) is 6.54 Å². The van der Waals surface area contributed by atoms with Crippen LogP contribution in [0.1, 0.15) is 25.7 Å². The molecule has 4 heteroatoms. The van der Waals surface area contributed by atoms with Gasteiger partial charge in [0.2, 0.25) is 11.8 Å². The summed E-state index contributed by atoms with van der Waals surface area (Å²) < 4.78 is 0. The molecule has 0 spiro atoms. The van der Waals surface area contributed by atoms with Gasteiger partial charge in [-0.25, -0.2) is 0 Å². The quantitative estimate of drug-likeness (QED) is 0.665. The summed E-state index contributed by atoms with van der Waals surface area (Å²) in [4.78, 5) is 23.9. The average Bonchev–Trinajstić information content (AvgIpc) is 2.16. The third kappa shape index (κ3) is 2.58. The second-order valence-corrected chi connectivity index (χ2v) is 3.56. The Morgan fingerprint density at radius 3 is 2.79 bits per heavy atom. The molecule has 1 heterocycles. The summed E-state index contributed by atoms with van der Waals surface area (Å²) in [6, 6.07) is -0.0215. The first-order valence-electron chi connectivity index (χ1n) is 4.86. The maximum absolute atomic E-state index is 11.4. The fourth-order valence-corrected chi connectivity index (χ4v) is 1.85. The molecule has 0 aromatic carbocycles. The highest BCUT2D eigenvalue weighted by Crippen LogP contribution is 2.19. The number of amides is 2. The summed E-state index contributed by atoms with van der Waals surface area (Å²) in [5, 5.41) is 0. The smallest absolute Gasteiger partial charge is 0.246 e. The largest absolute Gasteiger partial charge is 0.370 e. The Morgan fingerprint density at radius 1 is 1.50 bits per heavy atom. The van der Waals surface area contributed by atoms with Crippen LogP contribution in [0.25, 0.3) is 0 Å². The summed E-state index contributed by atoms with van der Waals surface area (Å²) in [7, 11) is 0.